The molecule has 2 aliphatic rings. The molecule has 0 saturated carbocycles. The van der Waals surface area contributed by atoms with Gasteiger partial charge in [0, 0.05) is 12.0 Å². The Morgan fingerprint density at radius 2 is 2.08 bits per heavy atom. The van der Waals surface area contributed by atoms with Crippen molar-refractivity contribution in [3.8, 4) is 5.75 Å². The van der Waals surface area contributed by atoms with Crippen LogP contribution in [0.1, 0.15) is 12.0 Å². The largest absolute Gasteiger partial charge is 0.497 e. The van der Waals surface area contributed by atoms with Crippen LogP contribution in [0.5, 0.6) is 5.75 Å². The molecule has 0 amide bonds. The first-order valence-corrected chi connectivity index (χ1v) is 7.69. The summed E-state index contributed by atoms with van der Waals surface area (Å²) in [5.41, 5.74) is 7.02. The number of halogens is 4. The number of alkyl halides is 4. The van der Waals surface area contributed by atoms with Gasteiger partial charge in [-0.3, -0.25) is 4.99 Å². The van der Waals surface area contributed by atoms with Gasteiger partial charge >= 0.3 is 12.2 Å². The number of fused-ring (bicyclic) bond motifs is 1. The van der Waals surface area contributed by atoms with Gasteiger partial charge in [-0.05, 0) is 23.8 Å². The van der Waals surface area contributed by atoms with Crippen molar-refractivity contribution in [1.29, 1.82) is 0 Å². The third-order valence-corrected chi connectivity index (χ3v) is 3.90. The average Bonchev–Trinajstić information content (AvgIpc) is 2.60. The van der Waals surface area contributed by atoms with Gasteiger partial charge in [-0.15, -0.1) is 0 Å². The number of nitrogens with two attached hydrogens (primary N) is 1. The second-order valence-electron chi connectivity index (χ2n) is 5.74. The zero-order valence-electron chi connectivity index (χ0n) is 13.7. The third kappa shape index (κ3) is 3.52. The molecule has 1 unspecified atom stereocenters. The second kappa shape index (κ2) is 6.64. The molecule has 9 heteroatoms. The van der Waals surface area contributed by atoms with Crippen LogP contribution in [0, 0.1) is 0 Å². The van der Waals surface area contributed by atoms with Crippen molar-refractivity contribution >= 4 is 5.84 Å². The van der Waals surface area contributed by atoms with E-state index in [0.717, 1.165) is 11.6 Å². The highest BCUT2D eigenvalue weighted by Crippen LogP contribution is 2.46. The summed E-state index contributed by atoms with van der Waals surface area (Å²) in [6, 6.07) is 7.17. The standard InChI is InChI=1S/C17H16F4N2O3/c1-24-12-4-2-3-10(7-12)9-23-15(22)11-5-6-13-14(8-11)26-17(20,21)16(18,19)25-13/h2-5,7-8,13H,6,9H2,1H3,(H2,22,23). The van der Waals surface area contributed by atoms with Crippen LogP contribution in [-0.2, 0) is 16.0 Å². The Balaban J connectivity index is 1.74. The van der Waals surface area contributed by atoms with E-state index in [-0.39, 0.29) is 18.8 Å². The Morgan fingerprint density at radius 3 is 2.81 bits per heavy atom. The quantitative estimate of drug-likeness (QED) is 0.500. The lowest BCUT2D eigenvalue weighted by atomic mass is 10.0. The van der Waals surface area contributed by atoms with E-state index in [0.29, 0.717) is 11.3 Å². The summed E-state index contributed by atoms with van der Waals surface area (Å²) in [5, 5.41) is 0. The van der Waals surface area contributed by atoms with Gasteiger partial charge in [0.15, 0.2) is 0 Å². The first kappa shape index (κ1) is 18.2. The Bertz CT molecular complexity index is 790. The molecule has 1 aromatic carbocycles. The molecule has 0 bridgehead atoms. The Kier molecular flexibility index (Phi) is 4.66. The smallest absolute Gasteiger partial charge is 0.493 e. The van der Waals surface area contributed by atoms with Gasteiger partial charge in [-0.25, -0.2) is 0 Å². The molecule has 1 heterocycles. The Morgan fingerprint density at radius 1 is 1.31 bits per heavy atom. The summed E-state index contributed by atoms with van der Waals surface area (Å²) in [6.07, 6.45) is -8.18. The van der Waals surface area contributed by atoms with Gasteiger partial charge in [0.1, 0.15) is 23.4 Å². The van der Waals surface area contributed by atoms with Crippen LogP contribution in [0.3, 0.4) is 0 Å². The highest BCUT2D eigenvalue weighted by atomic mass is 19.3. The number of benzene rings is 1. The summed E-state index contributed by atoms with van der Waals surface area (Å²) >= 11 is 0. The zero-order chi connectivity index (χ0) is 18.9. The topological polar surface area (TPSA) is 66.1 Å². The number of hydrogen-bond acceptors (Lipinski definition) is 4. The van der Waals surface area contributed by atoms with Crippen LogP contribution in [-0.4, -0.2) is 31.3 Å². The van der Waals surface area contributed by atoms with E-state index in [2.05, 4.69) is 14.5 Å². The zero-order valence-corrected chi connectivity index (χ0v) is 13.7. The molecule has 1 saturated heterocycles. The number of rotatable bonds is 4. The van der Waals surface area contributed by atoms with Crippen molar-refractivity contribution < 1.29 is 31.8 Å². The highest BCUT2D eigenvalue weighted by molar-refractivity contribution is 5.99. The maximum atomic E-state index is 13.3. The maximum absolute atomic E-state index is 13.3. The van der Waals surface area contributed by atoms with Crippen LogP contribution in [0.2, 0.25) is 0 Å². The lowest BCUT2D eigenvalue weighted by molar-refractivity contribution is -0.456. The lowest BCUT2D eigenvalue weighted by Crippen LogP contribution is -2.53. The van der Waals surface area contributed by atoms with Crippen LogP contribution in [0.25, 0.3) is 0 Å². The maximum Gasteiger partial charge on any atom is 0.493 e. The number of methoxy groups -OCH3 is 1. The van der Waals surface area contributed by atoms with Crippen LogP contribution < -0.4 is 10.5 Å². The molecule has 0 aromatic heterocycles. The molecule has 2 N–H and O–H groups in total. The van der Waals surface area contributed by atoms with Crippen LogP contribution in [0.15, 0.2) is 52.7 Å². The number of ether oxygens (including phenoxy) is 3. The van der Waals surface area contributed by atoms with Crippen molar-refractivity contribution in [3.63, 3.8) is 0 Å². The molecule has 1 aliphatic heterocycles. The molecular weight excluding hydrogens is 356 g/mol. The van der Waals surface area contributed by atoms with Gasteiger partial charge in [-0.1, -0.05) is 18.2 Å². The van der Waals surface area contributed by atoms with E-state index in [1.165, 1.54) is 13.2 Å². The molecule has 26 heavy (non-hydrogen) atoms. The number of amidine groups is 1. The van der Waals surface area contributed by atoms with Crippen molar-refractivity contribution in [2.45, 2.75) is 31.3 Å². The average molecular weight is 372 g/mol. The van der Waals surface area contributed by atoms with Crippen LogP contribution in [0.4, 0.5) is 17.6 Å². The Labute approximate surface area is 146 Å². The Hall–Kier alpha value is -2.55. The van der Waals surface area contributed by atoms with Crippen LogP contribution >= 0.6 is 0 Å². The predicted molar refractivity (Wildman–Crippen MR) is 85.0 cm³/mol. The monoisotopic (exact) mass is 372 g/mol. The molecule has 0 spiro atoms. The fourth-order valence-corrected chi connectivity index (χ4v) is 2.53. The minimum atomic E-state index is -4.75. The SMILES string of the molecule is COc1cccc(CN=C(N)C2=CCC3OC(F)(F)C(F)(F)OC3=C2)c1. The van der Waals surface area contributed by atoms with Gasteiger partial charge < -0.3 is 19.9 Å². The fraction of sp³-hybridized carbons (Fsp3) is 0.353. The summed E-state index contributed by atoms with van der Waals surface area (Å²) in [4.78, 5) is 4.19. The van der Waals surface area contributed by atoms with E-state index in [9.17, 15) is 17.6 Å². The van der Waals surface area contributed by atoms with E-state index in [4.69, 9.17) is 10.5 Å². The lowest BCUT2D eigenvalue weighted by Gasteiger charge is -2.37. The molecular formula is C17H16F4N2O3. The number of hydrogen-bond donors (Lipinski definition) is 1. The second-order valence-corrected chi connectivity index (χ2v) is 5.74. The summed E-state index contributed by atoms with van der Waals surface area (Å²) in [5.74, 6) is 0.329. The van der Waals surface area contributed by atoms with Gasteiger partial charge in [0.05, 0.1) is 13.7 Å². The van der Waals surface area contributed by atoms with Gasteiger partial charge in [0.2, 0.25) is 0 Å². The highest BCUT2D eigenvalue weighted by Gasteiger charge is 2.66. The van der Waals surface area contributed by atoms with E-state index < -0.39 is 24.1 Å². The first-order chi connectivity index (χ1) is 12.2. The predicted octanol–water partition coefficient (Wildman–Crippen LogP) is 3.37. The van der Waals surface area contributed by atoms with E-state index >= 15 is 0 Å². The molecule has 140 valence electrons. The normalized spacial score (nSPS) is 24.0. The molecule has 0 radical (unpaired) electrons. The molecule has 1 atom stereocenters. The fourth-order valence-electron chi connectivity index (χ4n) is 2.53. The molecule has 1 aromatic rings. The molecule has 1 aliphatic carbocycles. The molecule has 5 nitrogen and oxygen atoms in total. The van der Waals surface area contributed by atoms with Gasteiger partial charge in [-0.2, -0.15) is 17.6 Å². The summed E-state index contributed by atoms with van der Waals surface area (Å²) in [6.45, 7) is 0.235. The molecule has 3 rings (SSSR count). The first-order valence-electron chi connectivity index (χ1n) is 7.69. The van der Waals surface area contributed by atoms with Crippen molar-refractivity contribution in [1.82, 2.24) is 0 Å². The van der Waals surface area contributed by atoms with Gasteiger partial charge in [0.25, 0.3) is 0 Å². The summed E-state index contributed by atoms with van der Waals surface area (Å²) < 4.78 is 66.4. The van der Waals surface area contributed by atoms with Crippen molar-refractivity contribution in [2.75, 3.05) is 7.11 Å². The van der Waals surface area contributed by atoms with Crippen molar-refractivity contribution in [3.05, 3.63) is 53.3 Å². The minimum Gasteiger partial charge on any atom is -0.497 e. The number of aliphatic imine (C=N–C) groups is 1. The summed E-state index contributed by atoms with van der Waals surface area (Å²) in [7, 11) is 1.54. The minimum absolute atomic E-state index is 0.0722. The third-order valence-electron chi connectivity index (χ3n) is 3.90. The van der Waals surface area contributed by atoms with E-state index in [1.807, 2.05) is 6.07 Å². The van der Waals surface area contributed by atoms with E-state index in [1.54, 1.807) is 18.2 Å². The van der Waals surface area contributed by atoms with Crippen molar-refractivity contribution in [2.24, 2.45) is 10.7 Å². The number of nitrogens with zero attached hydrogens (tertiary/aromatic N) is 1. The molecule has 1 fully saturated rings.